The van der Waals surface area contributed by atoms with Crippen molar-refractivity contribution >= 4 is 23.1 Å². The molecule has 0 aromatic carbocycles. The van der Waals surface area contributed by atoms with Gasteiger partial charge in [-0.15, -0.1) is 0 Å². The normalized spacial score (nSPS) is 17.8. The van der Waals surface area contributed by atoms with Crippen LogP contribution in [0.25, 0.3) is 0 Å². The van der Waals surface area contributed by atoms with Gasteiger partial charge in [-0.2, -0.15) is 0 Å². The van der Waals surface area contributed by atoms with Gasteiger partial charge < -0.3 is 15.4 Å². The molecule has 2 N–H and O–H groups in total. The lowest BCUT2D eigenvalue weighted by Crippen LogP contribution is -2.37. The van der Waals surface area contributed by atoms with Crippen molar-refractivity contribution in [2.45, 2.75) is 18.9 Å². The van der Waals surface area contributed by atoms with Gasteiger partial charge in [-0.25, -0.2) is 9.97 Å². The number of hydrogen-bond acceptors (Lipinski definition) is 5. The van der Waals surface area contributed by atoms with Crippen LogP contribution >= 0.6 is 11.6 Å². The van der Waals surface area contributed by atoms with Gasteiger partial charge in [0.25, 0.3) is 0 Å². The Kier molecular flexibility index (Phi) is 3.46. The Morgan fingerprint density at radius 3 is 2.75 bits per heavy atom. The largest absolute Gasteiger partial charge is 0.393 e. The molecule has 0 amide bonds. The number of ether oxygens (including phenoxy) is 1. The average molecular weight is 243 g/mol. The fourth-order valence-corrected chi connectivity index (χ4v) is 2.05. The SMILES string of the molecule is COC1CCN(c2ncnc(Cl)c2N)CC1. The molecule has 1 saturated heterocycles. The summed E-state index contributed by atoms with van der Waals surface area (Å²) >= 11 is 5.86. The molecule has 0 aliphatic carbocycles. The lowest BCUT2D eigenvalue weighted by Gasteiger charge is -2.32. The molecule has 1 fully saturated rings. The summed E-state index contributed by atoms with van der Waals surface area (Å²) in [5.74, 6) is 0.731. The van der Waals surface area contributed by atoms with Gasteiger partial charge in [-0.3, -0.25) is 0 Å². The van der Waals surface area contributed by atoms with Gasteiger partial charge in [-0.1, -0.05) is 11.6 Å². The Morgan fingerprint density at radius 2 is 2.12 bits per heavy atom. The highest BCUT2D eigenvalue weighted by Crippen LogP contribution is 2.28. The van der Waals surface area contributed by atoms with Crippen molar-refractivity contribution in [2.75, 3.05) is 30.8 Å². The first-order valence-electron chi connectivity index (χ1n) is 5.26. The summed E-state index contributed by atoms with van der Waals surface area (Å²) in [4.78, 5) is 10.1. The van der Waals surface area contributed by atoms with E-state index >= 15 is 0 Å². The van der Waals surface area contributed by atoms with E-state index < -0.39 is 0 Å². The fraction of sp³-hybridized carbons (Fsp3) is 0.600. The smallest absolute Gasteiger partial charge is 0.157 e. The molecule has 0 bridgehead atoms. The molecule has 1 aromatic heterocycles. The van der Waals surface area contributed by atoms with Gasteiger partial charge >= 0.3 is 0 Å². The van der Waals surface area contributed by atoms with E-state index in [0.29, 0.717) is 16.9 Å². The van der Waals surface area contributed by atoms with Gasteiger partial charge in [0.2, 0.25) is 0 Å². The molecule has 16 heavy (non-hydrogen) atoms. The van der Waals surface area contributed by atoms with Crippen molar-refractivity contribution in [3.63, 3.8) is 0 Å². The van der Waals surface area contributed by atoms with Crippen LogP contribution in [0, 0.1) is 0 Å². The number of halogens is 1. The fourth-order valence-electron chi connectivity index (χ4n) is 1.92. The molecular weight excluding hydrogens is 228 g/mol. The second-order valence-corrected chi connectivity index (χ2v) is 4.18. The predicted octanol–water partition coefficient (Wildman–Crippen LogP) is 1.33. The lowest BCUT2D eigenvalue weighted by atomic mass is 10.1. The molecule has 88 valence electrons. The second kappa shape index (κ2) is 4.84. The first kappa shape index (κ1) is 11.4. The van der Waals surface area contributed by atoms with E-state index in [0.717, 1.165) is 31.7 Å². The highest BCUT2D eigenvalue weighted by molar-refractivity contribution is 6.32. The summed E-state index contributed by atoms with van der Waals surface area (Å²) in [5.41, 5.74) is 6.31. The monoisotopic (exact) mass is 242 g/mol. The third-order valence-corrected chi connectivity index (χ3v) is 3.19. The summed E-state index contributed by atoms with van der Waals surface area (Å²) in [5, 5.41) is 0.318. The quantitative estimate of drug-likeness (QED) is 0.793. The van der Waals surface area contributed by atoms with Crippen LogP contribution in [0.15, 0.2) is 6.33 Å². The van der Waals surface area contributed by atoms with Crippen LogP contribution in [0.3, 0.4) is 0 Å². The minimum absolute atomic E-state index is 0.318. The van der Waals surface area contributed by atoms with Crippen LogP contribution in [-0.4, -0.2) is 36.3 Å². The number of piperidine rings is 1. The maximum absolute atomic E-state index is 5.86. The van der Waals surface area contributed by atoms with E-state index in [9.17, 15) is 0 Å². The molecule has 0 unspecified atom stereocenters. The lowest BCUT2D eigenvalue weighted by molar-refractivity contribution is 0.0818. The summed E-state index contributed by atoms with van der Waals surface area (Å²) in [6.45, 7) is 1.77. The summed E-state index contributed by atoms with van der Waals surface area (Å²) in [6.07, 6.45) is 3.75. The summed E-state index contributed by atoms with van der Waals surface area (Å²) < 4.78 is 5.31. The van der Waals surface area contributed by atoms with Crippen molar-refractivity contribution in [1.82, 2.24) is 9.97 Å². The Labute approximate surface area is 99.6 Å². The molecule has 0 spiro atoms. The summed E-state index contributed by atoms with van der Waals surface area (Å²) in [7, 11) is 1.75. The van der Waals surface area contributed by atoms with E-state index in [1.807, 2.05) is 0 Å². The van der Waals surface area contributed by atoms with Crippen LogP contribution in [0.4, 0.5) is 11.5 Å². The number of rotatable bonds is 2. The van der Waals surface area contributed by atoms with E-state index in [4.69, 9.17) is 22.1 Å². The maximum atomic E-state index is 5.86. The van der Waals surface area contributed by atoms with Crippen molar-refractivity contribution in [1.29, 1.82) is 0 Å². The molecule has 1 aliphatic heterocycles. The van der Waals surface area contributed by atoms with E-state index in [2.05, 4.69) is 14.9 Å². The van der Waals surface area contributed by atoms with Gasteiger partial charge in [-0.05, 0) is 12.8 Å². The molecule has 5 nitrogen and oxygen atoms in total. The average Bonchev–Trinajstić information content (AvgIpc) is 2.33. The van der Waals surface area contributed by atoms with Gasteiger partial charge in [0.15, 0.2) is 11.0 Å². The third kappa shape index (κ3) is 2.20. The van der Waals surface area contributed by atoms with Crippen molar-refractivity contribution < 1.29 is 4.74 Å². The maximum Gasteiger partial charge on any atom is 0.157 e. The Hall–Kier alpha value is -1.07. The summed E-state index contributed by atoms with van der Waals surface area (Å²) in [6, 6.07) is 0. The number of nitrogen functional groups attached to an aromatic ring is 1. The molecule has 2 heterocycles. The van der Waals surface area contributed by atoms with Gasteiger partial charge in [0, 0.05) is 20.2 Å². The molecule has 2 rings (SSSR count). The molecule has 6 heteroatoms. The van der Waals surface area contributed by atoms with E-state index in [1.165, 1.54) is 6.33 Å². The number of anilines is 2. The Bertz CT molecular complexity index is 366. The minimum atomic E-state index is 0.318. The van der Waals surface area contributed by atoms with Gasteiger partial charge in [0.05, 0.1) is 6.10 Å². The van der Waals surface area contributed by atoms with Crippen LogP contribution < -0.4 is 10.6 Å². The Morgan fingerprint density at radius 1 is 1.44 bits per heavy atom. The number of hydrogen-bond donors (Lipinski definition) is 1. The van der Waals surface area contributed by atoms with Crippen LogP contribution in [0.2, 0.25) is 5.15 Å². The van der Waals surface area contributed by atoms with Crippen molar-refractivity contribution in [2.24, 2.45) is 0 Å². The topological polar surface area (TPSA) is 64.3 Å². The second-order valence-electron chi connectivity index (χ2n) is 3.82. The molecule has 0 saturated carbocycles. The first-order valence-corrected chi connectivity index (χ1v) is 5.64. The standard InChI is InChI=1S/C10H15ClN4O/c1-16-7-2-4-15(5-3-7)10-8(12)9(11)13-6-14-10/h6-7H,2-5,12H2,1H3. The van der Waals surface area contributed by atoms with Crippen molar-refractivity contribution in [3.05, 3.63) is 11.5 Å². The molecule has 0 radical (unpaired) electrons. The number of aromatic nitrogens is 2. The van der Waals surface area contributed by atoms with Crippen LogP contribution in [-0.2, 0) is 4.74 Å². The highest BCUT2D eigenvalue weighted by Gasteiger charge is 2.21. The number of nitrogens with zero attached hydrogens (tertiary/aromatic N) is 3. The minimum Gasteiger partial charge on any atom is -0.393 e. The first-order chi connectivity index (χ1) is 7.72. The molecule has 0 atom stereocenters. The Balaban J connectivity index is 2.11. The van der Waals surface area contributed by atoms with Crippen LogP contribution in [0.5, 0.6) is 0 Å². The predicted molar refractivity (Wildman–Crippen MR) is 63.7 cm³/mol. The molecule has 1 aliphatic rings. The zero-order chi connectivity index (χ0) is 11.5. The zero-order valence-corrected chi connectivity index (χ0v) is 9.94. The van der Waals surface area contributed by atoms with Crippen LogP contribution in [0.1, 0.15) is 12.8 Å². The molecule has 1 aromatic rings. The third-order valence-electron chi connectivity index (χ3n) is 2.89. The zero-order valence-electron chi connectivity index (χ0n) is 9.19. The van der Waals surface area contributed by atoms with Crippen molar-refractivity contribution in [3.8, 4) is 0 Å². The van der Waals surface area contributed by atoms with E-state index in [1.54, 1.807) is 7.11 Å². The van der Waals surface area contributed by atoms with Gasteiger partial charge in [0.1, 0.15) is 12.0 Å². The molecular formula is C10H15ClN4O. The number of nitrogens with two attached hydrogens (primary N) is 1. The van der Waals surface area contributed by atoms with E-state index in [-0.39, 0.29) is 0 Å². The highest BCUT2D eigenvalue weighted by atomic mass is 35.5. The number of methoxy groups -OCH3 is 1.